The van der Waals surface area contributed by atoms with Crippen molar-refractivity contribution in [2.24, 2.45) is 5.10 Å². The fraction of sp³-hybridized carbons (Fsp3) is 0.182. The van der Waals surface area contributed by atoms with E-state index < -0.39 is 0 Å². The molecule has 28 heavy (non-hydrogen) atoms. The maximum atomic E-state index is 12.1. The number of aromatic nitrogens is 1. The minimum atomic E-state index is -0.281. The predicted molar refractivity (Wildman–Crippen MR) is 112 cm³/mol. The maximum absolute atomic E-state index is 12.1. The van der Waals surface area contributed by atoms with Gasteiger partial charge in [0.25, 0.3) is 5.91 Å². The van der Waals surface area contributed by atoms with E-state index in [2.05, 4.69) is 15.1 Å². The van der Waals surface area contributed by atoms with E-state index in [1.165, 1.54) is 0 Å². The number of hydrogen-bond donors (Lipinski definition) is 2. The monoisotopic (exact) mass is 376 g/mol. The van der Waals surface area contributed by atoms with Crippen molar-refractivity contribution in [2.45, 2.75) is 20.8 Å². The summed E-state index contributed by atoms with van der Waals surface area (Å²) < 4.78 is 7.64. The summed E-state index contributed by atoms with van der Waals surface area (Å²) in [4.78, 5) is 12.1. The van der Waals surface area contributed by atoms with E-state index in [-0.39, 0.29) is 5.91 Å². The molecule has 2 aromatic carbocycles. The predicted octanol–water partition coefficient (Wildman–Crippen LogP) is 3.84. The van der Waals surface area contributed by atoms with E-state index in [9.17, 15) is 4.79 Å². The molecule has 3 rings (SSSR count). The molecule has 0 atom stereocenters. The number of carbonyl (C=O) groups excluding carboxylic acids is 1. The Morgan fingerprint density at radius 2 is 1.82 bits per heavy atom. The second-order valence-corrected chi connectivity index (χ2v) is 6.41. The van der Waals surface area contributed by atoms with E-state index in [0.29, 0.717) is 17.9 Å². The summed E-state index contributed by atoms with van der Waals surface area (Å²) in [6, 6.07) is 16.7. The van der Waals surface area contributed by atoms with Crippen LogP contribution in [0.2, 0.25) is 0 Å². The zero-order valence-electron chi connectivity index (χ0n) is 16.3. The number of rotatable bonds is 6. The molecule has 0 bridgehead atoms. The van der Waals surface area contributed by atoms with Gasteiger partial charge < -0.3 is 15.0 Å². The molecule has 0 radical (unpaired) electrons. The number of carbonyl (C=O) groups is 1. The molecule has 1 aromatic heterocycles. The molecule has 1 amide bonds. The lowest BCUT2D eigenvalue weighted by Crippen LogP contribution is -2.17. The second-order valence-electron chi connectivity index (χ2n) is 6.41. The number of benzene rings is 2. The SMILES string of the molecule is CCOc1ccc(-n2c(C)cc(C=NNC(=O)c3ccc(N)cc3)c2C)cc1. The number of ether oxygens (including phenoxy) is 1. The first kappa shape index (κ1) is 19.2. The highest BCUT2D eigenvalue weighted by Gasteiger charge is 2.10. The van der Waals surface area contributed by atoms with Crippen LogP contribution >= 0.6 is 0 Å². The molecule has 0 aliphatic heterocycles. The van der Waals surface area contributed by atoms with E-state index in [1.807, 2.05) is 51.1 Å². The number of nitrogen functional groups attached to an aromatic ring is 1. The third kappa shape index (κ3) is 4.23. The average Bonchev–Trinajstić information content (AvgIpc) is 2.97. The van der Waals surface area contributed by atoms with Crippen molar-refractivity contribution in [3.63, 3.8) is 0 Å². The van der Waals surface area contributed by atoms with E-state index in [4.69, 9.17) is 10.5 Å². The summed E-state index contributed by atoms with van der Waals surface area (Å²) in [7, 11) is 0. The standard InChI is InChI=1S/C22H24N4O2/c1-4-28-21-11-9-20(10-12-21)26-15(2)13-18(16(26)3)14-24-25-22(27)17-5-7-19(23)8-6-17/h5-14H,4,23H2,1-3H3,(H,25,27). The topological polar surface area (TPSA) is 81.6 Å². The lowest BCUT2D eigenvalue weighted by Gasteiger charge is -2.10. The van der Waals surface area contributed by atoms with Crippen molar-refractivity contribution in [3.8, 4) is 11.4 Å². The number of nitrogens with two attached hydrogens (primary N) is 1. The largest absolute Gasteiger partial charge is 0.494 e. The molecule has 6 heteroatoms. The Hall–Kier alpha value is -3.54. The number of nitrogens with one attached hydrogen (secondary N) is 1. The van der Waals surface area contributed by atoms with Gasteiger partial charge in [0.2, 0.25) is 0 Å². The number of hydrogen-bond acceptors (Lipinski definition) is 4. The van der Waals surface area contributed by atoms with Crippen LogP contribution in [0.5, 0.6) is 5.75 Å². The van der Waals surface area contributed by atoms with Crippen molar-refractivity contribution in [3.05, 3.63) is 77.1 Å². The molecule has 0 spiro atoms. The highest BCUT2D eigenvalue weighted by molar-refractivity contribution is 5.95. The quantitative estimate of drug-likeness (QED) is 0.390. The molecule has 3 N–H and O–H groups in total. The zero-order valence-corrected chi connectivity index (χ0v) is 16.3. The second kappa shape index (κ2) is 8.43. The average molecular weight is 376 g/mol. The van der Waals surface area contributed by atoms with Gasteiger partial charge in [-0.3, -0.25) is 4.79 Å². The van der Waals surface area contributed by atoms with Crippen LogP contribution in [0.15, 0.2) is 59.7 Å². The highest BCUT2D eigenvalue weighted by atomic mass is 16.5. The van der Waals surface area contributed by atoms with Gasteiger partial charge in [-0.2, -0.15) is 5.10 Å². The minimum Gasteiger partial charge on any atom is -0.494 e. The lowest BCUT2D eigenvalue weighted by molar-refractivity contribution is 0.0955. The van der Waals surface area contributed by atoms with Crippen molar-refractivity contribution in [1.82, 2.24) is 9.99 Å². The van der Waals surface area contributed by atoms with Crippen LogP contribution in [0.4, 0.5) is 5.69 Å². The Balaban J connectivity index is 1.75. The fourth-order valence-electron chi connectivity index (χ4n) is 3.03. The molecule has 6 nitrogen and oxygen atoms in total. The Kier molecular flexibility index (Phi) is 5.79. The third-order valence-electron chi connectivity index (χ3n) is 4.42. The van der Waals surface area contributed by atoms with Crippen molar-refractivity contribution < 1.29 is 9.53 Å². The smallest absolute Gasteiger partial charge is 0.271 e. The number of aryl methyl sites for hydroxylation is 1. The Bertz CT molecular complexity index is 987. The summed E-state index contributed by atoms with van der Waals surface area (Å²) in [6.07, 6.45) is 1.66. The lowest BCUT2D eigenvalue weighted by atomic mass is 10.2. The van der Waals surface area contributed by atoms with Crippen molar-refractivity contribution in [1.29, 1.82) is 0 Å². The van der Waals surface area contributed by atoms with Gasteiger partial charge in [0, 0.05) is 33.9 Å². The first-order valence-corrected chi connectivity index (χ1v) is 9.10. The molecule has 0 aliphatic rings. The number of amides is 1. The molecule has 0 fully saturated rings. The van der Waals surface area contributed by atoms with Gasteiger partial charge >= 0.3 is 0 Å². The minimum absolute atomic E-state index is 0.281. The van der Waals surface area contributed by atoms with Crippen molar-refractivity contribution >= 4 is 17.8 Å². The summed E-state index contributed by atoms with van der Waals surface area (Å²) in [5, 5.41) is 4.10. The van der Waals surface area contributed by atoms with Crippen LogP contribution in [0.1, 0.15) is 34.2 Å². The molecule has 0 unspecified atom stereocenters. The van der Waals surface area contributed by atoms with Crippen molar-refractivity contribution in [2.75, 3.05) is 12.3 Å². The third-order valence-corrected chi connectivity index (χ3v) is 4.42. The summed E-state index contributed by atoms with van der Waals surface area (Å²) in [6.45, 7) is 6.66. The number of hydrazone groups is 1. The first-order chi connectivity index (χ1) is 13.5. The van der Waals surface area contributed by atoms with Crippen LogP contribution in [0.3, 0.4) is 0 Å². The van der Waals surface area contributed by atoms with E-state index in [0.717, 1.165) is 28.4 Å². The van der Waals surface area contributed by atoms with Crippen LogP contribution in [0.25, 0.3) is 5.69 Å². The van der Waals surface area contributed by atoms with Gasteiger partial charge in [0.05, 0.1) is 12.8 Å². The number of nitrogens with zero attached hydrogens (tertiary/aromatic N) is 2. The van der Waals surface area contributed by atoms with E-state index >= 15 is 0 Å². The van der Waals surface area contributed by atoms with Gasteiger partial charge in [-0.1, -0.05) is 0 Å². The first-order valence-electron chi connectivity index (χ1n) is 9.10. The fourth-order valence-corrected chi connectivity index (χ4v) is 3.03. The maximum Gasteiger partial charge on any atom is 0.271 e. The van der Waals surface area contributed by atoms with Crippen LogP contribution < -0.4 is 15.9 Å². The van der Waals surface area contributed by atoms with Crippen LogP contribution in [-0.2, 0) is 0 Å². The molecular formula is C22H24N4O2. The van der Waals surface area contributed by atoms with Gasteiger partial charge in [-0.05, 0) is 75.4 Å². The Labute approximate surface area is 164 Å². The molecular weight excluding hydrogens is 352 g/mol. The van der Waals surface area contributed by atoms with Gasteiger partial charge in [0.15, 0.2) is 0 Å². The molecule has 0 saturated heterocycles. The summed E-state index contributed by atoms with van der Waals surface area (Å²) >= 11 is 0. The Morgan fingerprint density at radius 1 is 1.14 bits per heavy atom. The molecule has 0 aliphatic carbocycles. The van der Waals surface area contributed by atoms with Gasteiger partial charge in [-0.25, -0.2) is 5.43 Å². The molecule has 144 valence electrons. The molecule has 0 saturated carbocycles. The normalized spacial score (nSPS) is 11.0. The highest BCUT2D eigenvalue weighted by Crippen LogP contribution is 2.22. The van der Waals surface area contributed by atoms with E-state index in [1.54, 1.807) is 30.5 Å². The summed E-state index contributed by atoms with van der Waals surface area (Å²) in [5.41, 5.74) is 13.4. The van der Waals surface area contributed by atoms with Crippen LogP contribution in [-0.4, -0.2) is 23.3 Å². The summed E-state index contributed by atoms with van der Waals surface area (Å²) in [5.74, 6) is 0.567. The Morgan fingerprint density at radius 3 is 2.46 bits per heavy atom. The van der Waals surface area contributed by atoms with Gasteiger partial charge in [0.1, 0.15) is 5.75 Å². The van der Waals surface area contributed by atoms with Gasteiger partial charge in [-0.15, -0.1) is 0 Å². The number of anilines is 1. The molecule has 3 aromatic rings. The van der Waals surface area contributed by atoms with Crippen LogP contribution in [0, 0.1) is 13.8 Å². The molecule has 1 heterocycles. The zero-order chi connectivity index (χ0) is 20.1.